The topological polar surface area (TPSA) is 38.5 Å². The quantitative estimate of drug-likeness (QED) is 0.712. The van der Waals surface area contributed by atoms with E-state index >= 15 is 0 Å². The normalized spacial score (nSPS) is 14.6. The summed E-state index contributed by atoms with van der Waals surface area (Å²) in [5.41, 5.74) is 5.19. The predicted molar refractivity (Wildman–Crippen MR) is 52.6 cm³/mol. The maximum atomic E-state index is 12.6. The maximum Gasteiger partial charge on any atom is 0.404 e. The Morgan fingerprint density at radius 3 is 2.33 bits per heavy atom. The molecular formula is C9H19F3N2O. The maximum absolute atomic E-state index is 12.6. The first-order valence-electron chi connectivity index (χ1n) is 4.97. The van der Waals surface area contributed by atoms with Gasteiger partial charge in [0, 0.05) is 13.7 Å². The molecule has 0 saturated carbocycles. The first-order chi connectivity index (χ1) is 6.97. The van der Waals surface area contributed by atoms with Crippen LogP contribution in [0.25, 0.3) is 0 Å². The molecule has 2 N–H and O–H groups in total. The Bertz CT molecular complexity index is 164. The summed E-state index contributed by atoms with van der Waals surface area (Å²) in [6.45, 7) is 2.65. The van der Waals surface area contributed by atoms with Crippen molar-refractivity contribution in [1.29, 1.82) is 0 Å². The fourth-order valence-electron chi connectivity index (χ4n) is 1.45. The lowest BCUT2D eigenvalue weighted by molar-refractivity contribution is -0.185. The van der Waals surface area contributed by atoms with E-state index in [9.17, 15) is 13.2 Å². The summed E-state index contributed by atoms with van der Waals surface area (Å²) >= 11 is 0. The minimum absolute atomic E-state index is 0.0354. The van der Waals surface area contributed by atoms with E-state index in [4.69, 9.17) is 10.5 Å². The van der Waals surface area contributed by atoms with Crippen LogP contribution in [-0.2, 0) is 4.74 Å². The third-order valence-electron chi connectivity index (χ3n) is 2.25. The van der Waals surface area contributed by atoms with Gasteiger partial charge in [-0.1, -0.05) is 6.92 Å². The molecule has 0 heterocycles. The zero-order valence-electron chi connectivity index (χ0n) is 9.18. The molecule has 0 saturated heterocycles. The highest BCUT2D eigenvalue weighted by atomic mass is 19.4. The molecule has 0 aliphatic heterocycles. The van der Waals surface area contributed by atoms with Crippen LogP contribution in [-0.4, -0.2) is 50.5 Å². The van der Waals surface area contributed by atoms with Gasteiger partial charge in [0.25, 0.3) is 0 Å². The molecule has 0 radical (unpaired) electrons. The van der Waals surface area contributed by atoms with Gasteiger partial charge in [-0.25, -0.2) is 0 Å². The van der Waals surface area contributed by atoms with Gasteiger partial charge in [0.2, 0.25) is 0 Å². The SMILES string of the molecule is CCN(CCOC)C(CCN)C(F)(F)F. The summed E-state index contributed by atoms with van der Waals surface area (Å²) in [6.07, 6.45) is -4.29. The minimum Gasteiger partial charge on any atom is -0.383 e. The van der Waals surface area contributed by atoms with Crippen molar-refractivity contribution in [3.8, 4) is 0 Å². The summed E-state index contributed by atoms with van der Waals surface area (Å²) in [6, 6.07) is -1.46. The molecule has 1 unspecified atom stereocenters. The van der Waals surface area contributed by atoms with E-state index in [-0.39, 0.29) is 19.5 Å². The number of halogens is 3. The number of hydrogen-bond donors (Lipinski definition) is 1. The Hall–Kier alpha value is -0.330. The number of likely N-dealkylation sites (N-methyl/N-ethyl adjacent to an activating group) is 1. The Labute approximate surface area is 88.4 Å². The third kappa shape index (κ3) is 5.34. The van der Waals surface area contributed by atoms with Gasteiger partial charge in [0.05, 0.1) is 6.61 Å². The number of hydrogen-bond acceptors (Lipinski definition) is 3. The lowest BCUT2D eigenvalue weighted by Gasteiger charge is -2.31. The highest BCUT2D eigenvalue weighted by Gasteiger charge is 2.42. The third-order valence-corrected chi connectivity index (χ3v) is 2.25. The average molecular weight is 228 g/mol. The van der Waals surface area contributed by atoms with Gasteiger partial charge < -0.3 is 10.5 Å². The molecule has 0 fully saturated rings. The van der Waals surface area contributed by atoms with E-state index < -0.39 is 12.2 Å². The summed E-state index contributed by atoms with van der Waals surface area (Å²) in [5.74, 6) is 0. The van der Waals surface area contributed by atoms with Gasteiger partial charge in [0.1, 0.15) is 6.04 Å². The van der Waals surface area contributed by atoms with Gasteiger partial charge >= 0.3 is 6.18 Å². The van der Waals surface area contributed by atoms with Crippen LogP contribution in [0.4, 0.5) is 13.2 Å². The van der Waals surface area contributed by atoms with E-state index in [1.54, 1.807) is 6.92 Å². The Kier molecular flexibility index (Phi) is 6.87. The standard InChI is InChI=1S/C9H19F3N2O/c1-3-14(6-7-15-2)8(4-5-13)9(10,11)12/h8H,3-7,13H2,1-2H3. The van der Waals surface area contributed by atoms with Crippen molar-refractivity contribution < 1.29 is 17.9 Å². The molecule has 6 heteroatoms. The van der Waals surface area contributed by atoms with E-state index in [2.05, 4.69) is 0 Å². The van der Waals surface area contributed by atoms with Crippen LogP contribution in [0.2, 0.25) is 0 Å². The van der Waals surface area contributed by atoms with Gasteiger partial charge in [-0.05, 0) is 19.5 Å². The highest BCUT2D eigenvalue weighted by molar-refractivity contribution is 4.78. The van der Waals surface area contributed by atoms with E-state index in [0.717, 1.165) is 0 Å². The number of alkyl halides is 3. The largest absolute Gasteiger partial charge is 0.404 e. The second-order valence-electron chi connectivity index (χ2n) is 3.26. The average Bonchev–Trinajstić information content (AvgIpc) is 2.15. The van der Waals surface area contributed by atoms with Crippen molar-refractivity contribution in [2.45, 2.75) is 25.6 Å². The molecule has 92 valence electrons. The molecule has 0 rings (SSSR count). The Balaban J connectivity index is 4.40. The molecule has 0 bridgehead atoms. The summed E-state index contributed by atoms with van der Waals surface area (Å²) in [4.78, 5) is 1.34. The van der Waals surface area contributed by atoms with Crippen LogP contribution in [0.5, 0.6) is 0 Å². The zero-order valence-corrected chi connectivity index (χ0v) is 9.18. The van der Waals surface area contributed by atoms with Gasteiger partial charge in [-0.15, -0.1) is 0 Å². The molecule has 0 aromatic heterocycles. The molecular weight excluding hydrogens is 209 g/mol. The first-order valence-corrected chi connectivity index (χ1v) is 4.97. The van der Waals surface area contributed by atoms with Crippen molar-refractivity contribution in [3.63, 3.8) is 0 Å². The van der Waals surface area contributed by atoms with Gasteiger partial charge in [0.15, 0.2) is 0 Å². The second kappa shape index (κ2) is 7.03. The molecule has 0 spiro atoms. The molecule has 0 aliphatic carbocycles. The van der Waals surface area contributed by atoms with Crippen LogP contribution < -0.4 is 5.73 Å². The predicted octanol–water partition coefficient (Wildman–Crippen LogP) is 1.23. The fraction of sp³-hybridized carbons (Fsp3) is 1.00. The van der Waals surface area contributed by atoms with Crippen molar-refractivity contribution in [3.05, 3.63) is 0 Å². The number of methoxy groups -OCH3 is 1. The van der Waals surface area contributed by atoms with Crippen LogP contribution in [0.3, 0.4) is 0 Å². The van der Waals surface area contributed by atoms with Gasteiger partial charge in [-0.2, -0.15) is 13.2 Å². The molecule has 0 aromatic rings. The van der Waals surface area contributed by atoms with Crippen molar-refractivity contribution >= 4 is 0 Å². The smallest absolute Gasteiger partial charge is 0.383 e. The Morgan fingerprint density at radius 2 is 2.00 bits per heavy atom. The van der Waals surface area contributed by atoms with E-state index in [1.165, 1.54) is 12.0 Å². The molecule has 3 nitrogen and oxygen atoms in total. The molecule has 15 heavy (non-hydrogen) atoms. The minimum atomic E-state index is -4.22. The number of ether oxygens (including phenoxy) is 1. The number of nitrogens with zero attached hydrogens (tertiary/aromatic N) is 1. The van der Waals surface area contributed by atoms with Crippen molar-refractivity contribution in [2.75, 3.05) is 33.4 Å². The molecule has 0 amide bonds. The van der Waals surface area contributed by atoms with Crippen molar-refractivity contribution in [1.82, 2.24) is 4.90 Å². The second-order valence-corrected chi connectivity index (χ2v) is 3.26. The van der Waals surface area contributed by atoms with Crippen LogP contribution in [0.15, 0.2) is 0 Å². The monoisotopic (exact) mass is 228 g/mol. The lowest BCUT2D eigenvalue weighted by Crippen LogP contribution is -2.47. The lowest BCUT2D eigenvalue weighted by atomic mass is 10.1. The zero-order chi connectivity index (χ0) is 11.9. The van der Waals surface area contributed by atoms with Crippen LogP contribution >= 0.6 is 0 Å². The van der Waals surface area contributed by atoms with Gasteiger partial charge in [-0.3, -0.25) is 4.90 Å². The van der Waals surface area contributed by atoms with Crippen LogP contribution in [0, 0.1) is 0 Å². The highest BCUT2D eigenvalue weighted by Crippen LogP contribution is 2.26. The van der Waals surface area contributed by atoms with Crippen LogP contribution in [0.1, 0.15) is 13.3 Å². The molecule has 0 aromatic carbocycles. The van der Waals surface area contributed by atoms with E-state index in [1.807, 2.05) is 0 Å². The fourth-order valence-corrected chi connectivity index (χ4v) is 1.45. The summed E-state index contributed by atoms with van der Waals surface area (Å²) in [7, 11) is 1.47. The number of nitrogens with two attached hydrogens (primary N) is 1. The number of rotatable bonds is 7. The van der Waals surface area contributed by atoms with Crippen molar-refractivity contribution in [2.24, 2.45) is 5.73 Å². The Morgan fingerprint density at radius 1 is 1.40 bits per heavy atom. The molecule has 1 atom stereocenters. The summed E-state index contributed by atoms with van der Waals surface area (Å²) < 4.78 is 42.7. The van der Waals surface area contributed by atoms with E-state index in [0.29, 0.717) is 13.2 Å². The first kappa shape index (κ1) is 14.7. The summed E-state index contributed by atoms with van der Waals surface area (Å²) in [5, 5.41) is 0. The molecule has 0 aliphatic rings.